The first-order valence-electron chi connectivity index (χ1n) is 6.40. The Morgan fingerprint density at radius 3 is 2.00 bits per heavy atom. The van der Waals surface area contributed by atoms with E-state index in [1.807, 2.05) is 41.5 Å². The van der Waals surface area contributed by atoms with E-state index in [1.54, 1.807) is 0 Å². The highest BCUT2D eigenvalue weighted by atomic mass is 16.3. The first kappa shape index (κ1) is 16.4. The summed E-state index contributed by atoms with van der Waals surface area (Å²) in [6.45, 7) is 12.5. The summed E-state index contributed by atoms with van der Waals surface area (Å²) in [5.41, 5.74) is -1.25. The van der Waals surface area contributed by atoms with Crippen LogP contribution in [0, 0.1) is 16.7 Å². The predicted molar refractivity (Wildman–Crippen MR) is 71.6 cm³/mol. The van der Waals surface area contributed by atoms with Gasteiger partial charge in [0.1, 0.15) is 0 Å². The van der Waals surface area contributed by atoms with Crippen molar-refractivity contribution in [1.82, 2.24) is 5.32 Å². The van der Waals surface area contributed by atoms with E-state index >= 15 is 0 Å². The SMILES string of the molecule is CC(C)(C#N)CCCCNC(C)(C)C(C)(C)O. The number of aliphatic hydroxyl groups is 1. The molecule has 0 atom stereocenters. The van der Waals surface area contributed by atoms with Gasteiger partial charge in [0.25, 0.3) is 0 Å². The van der Waals surface area contributed by atoms with Gasteiger partial charge in [0, 0.05) is 5.54 Å². The van der Waals surface area contributed by atoms with Crippen molar-refractivity contribution in [1.29, 1.82) is 5.26 Å². The van der Waals surface area contributed by atoms with E-state index < -0.39 is 5.60 Å². The monoisotopic (exact) mass is 240 g/mol. The molecule has 0 aliphatic rings. The van der Waals surface area contributed by atoms with Gasteiger partial charge < -0.3 is 10.4 Å². The molecule has 3 heteroatoms. The summed E-state index contributed by atoms with van der Waals surface area (Å²) in [4.78, 5) is 0. The van der Waals surface area contributed by atoms with E-state index in [9.17, 15) is 5.11 Å². The van der Waals surface area contributed by atoms with Gasteiger partial charge in [-0.25, -0.2) is 0 Å². The van der Waals surface area contributed by atoms with Gasteiger partial charge in [-0.1, -0.05) is 6.42 Å². The van der Waals surface area contributed by atoms with Crippen LogP contribution in [0.15, 0.2) is 0 Å². The van der Waals surface area contributed by atoms with Gasteiger partial charge in [0.2, 0.25) is 0 Å². The van der Waals surface area contributed by atoms with Crippen molar-refractivity contribution in [3.05, 3.63) is 0 Å². The predicted octanol–water partition coefficient (Wildman–Crippen LogP) is 2.85. The summed E-state index contributed by atoms with van der Waals surface area (Å²) in [5, 5.41) is 22.2. The first-order chi connectivity index (χ1) is 7.52. The fourth-order valence-electron chi connectivity index (χ4n) is 1.37. The van der Waals surface area contributed by atoms with Gasteiger partial charge in [0.05, 0.1) is 17.1 Å². The average molecular weight is 240 g/mol. The topological polar surface area (TPSA) is 56.0 Å². The molecule has 0 saturated carbocycles. The highest BCUT2D eigenvalue weighted by Crippen LogP contribution is 2.23. The Labute approximate surface area is 106 Å². The minimum Gasteiger partial charge on any atom is -0.389 e. The smallest absolute Gasteiger partial charge is 0.0767 e. The van der Waals surface area contributed by atoms with E-state index in [2.05, 4.69) is 11.4 Å². The number of unbranched alkanes of at least 4 members (excludes halogenated alkanes) is 1. The van der Waals surface area contributed by atoms with E-state index in [4.69, 9.17) is 5.26 Å². The fraction of sp³-hybridized carbons (Fsp3) is 0.929. The van der Waals surface area contributed by atoms with Crippen LogP contribution < -0.4 is 5.32 Å². The molecule has 0 aromatic rings. The molecule has 0 rings (SSSR count). The van der Waals surface area contributed by atoms with E-state index in [1.165, 1.54) is 0 Å². The van der Waals surface area contributed by atoms with Gasteiger partial charge in [-0.3, -0.25) is 0 Å². The van der Waals surface area contributed by atoms with Crippen molar-refractivity contribution < 1.29 is 5.11 Å². The lowest BCUT2D eigenvalue weighted by Crippen LogP contribution is -2.56. The lowest BCUT2D eigenvalue weighted by molar-refractivity contribution is -0.00446. The first-order valence-corrected chi connectivity index (χ1v) is 6.40. The van der Waals surface area contributed by atoms with Crippen LogP contribution >= 0.6 is 0 Å². The molecule has 0 heterocycles. The zero-order chi connectivity index (χ0) is 13.7. The molecule has 3 nitrogen and oxygen atoms in total. The van der Waals surface area contributed by atoms with Crippen LogP contribution in [0.4, 0.5) is 0 Å². The minimum atomic E-state index is -0.737. The zero-order valence-corrected chi connectivity index (χ0v) is 12.2. The Bertz CT molecular complexity index is 269. The van der Waals surface area contributed by atoms with Crippen molar-refractivity contribution in [2.24, 2.45) is 5.41 Å². The van der Waals surface area contributed by atoms with Crippen LogP contribution in [-0.4, -0.2) is 22.8 Å². The third kappa shape index (κ3) is 6.05. The molecule has 0 aliphatic heterocycles. The van der Waals surface area contributed by atoms with Gasteiger partial charge in [0.15, 0.2) is 0 Å². The molecule has 0 radical (unpaired) electrons. The average Bonchev–Trinajstić information content (AvgIpc) is 2.15. The maximum atomic E-state index is 9.96. The van der Waals surface area contributed by atoms with Crippen molar-refractivity contribution in [3.63, 3.8) is 0 Å². The van der Waals surface area contributed by atoms with Crippen molar-refractivity contribution >= 4 is 0 Å². The Morgan fingerprint density at radius 1 is 1.06 bits per heavy atom. The standard InChI is InChI=1S/C14H28N2O/c1-12(2,11-15)9-7-8-10-16-13(3,4)14(5,6)17/h16-17H,7-10H2,1-6H3. The number of hydrogen-bond donors (Lipinski definition) is 2. The quantitative estimate of drug-likeness (QED) is 0.673. The molecular weight excluding hydrogens is 212 g/mol. The highest BCUT2D eigenvalue weighted by molar-refractivity contribution is 4.93. The normalized spacial score (nSPS) is 13.5. The molecular formula is C14H28N2O. The Hall–Kier alpha value is -0.590. The maximum Gasteiger partial charge on any atom is 0.0767 e. The fourth-order valence-corrected chi connectivity index (χ4v) is 1.37. The van der Waals surface area contributed by atoms with Gasteiger partial charge in [-0.2, -0.15) is 5.26 Å². The molecule has 0 fully saturated rings. The molecule has 0 aromatic heterocycles. The third-order valence-corrected chi connectivity index (χ3v) is 3.63. The zero-order valence-electron chi connectivity index (χ0n) is 12.2. The second kappa shape index (κ2) is 5.84. The summed E-state index contributed by atoms with van der Waals surface area (Å²) in [6.07, 6.45) is 2.99. The second-order valence-corrected chi connectivity index (χ2v) is 6.56. The van der Waals surface area contributed by atoms with E-state index in [0.29, 0.717) is 0 Å². The molecule has 0 saturated heterocycles. The molecule has 0 amide bonds. The van der Waals surface area contributed by atoms with Crippen molar-refractivity contribution in [2.45, 2.75) is 71.9 Å². The summed E-state index contributed by atoms with van der Waals surface area (Å²) in [6, 6.07) is 2.31. The maximum absolute atomic E-state index is 9.96. The van der Waals surface area contributed by atoms with Crippen LogP contribution in [0.1, 0.15) is 60.8 Å². The molecule has 0 unspecified atom stereocenters. The Kier molecular flexibility index (Phi) is 5.64. The molecule has 100 valence electrons. The molecule has 0 aromatic carbocycles. The van der Waals surface area contributed by atoms with Crippen LogP contribution in [-0.2, 0) is 0 Å². The third-order valence-electron chi connectivity index (χ3n) is 3.63. The number of nitrogens with one attached hydrogen (secondary N) is 1. The number of nitrogens with zero attached hydrogens (tertiary/aromatic N) is 1. The van der Waals surface area contributed by atoms with Crippen molar-refractivity contribution in [2.75, 3.05) is 6.54 Å². The minimum absolute atomic E-state index is 0.217. The largest absolute Gasteiger partial charge is 0.389 e. The van der Waals surface area contributed by atoms with E-state index in [-0.39, 0.29) is 11.0 Å². The molecule has 17 heavy (non-hydrogen) atoms. The molecule has 0 aliphatic carbocycles. The van der Waals surface area contributed by atoms with Crippen LogP contribution in [0.5, 0.6) is 0 Å². The summed E-state index contributed by atoms with van der Waals surface area (Å²) in [7, 11) is 0. The van der Waals surface area contributed by atoms with E-state index in [0.717, 1.165) is 25.8 Å². The van der Waals surface area contributed by atoms with Crippen LogP contribution in [0.3, 0.4) is 0 Å². The lowest BCUT2D eigenvalue weighted by atomic mass is 9.85. The van der Waals surface area contributed by atoms with Crippen molar-refractivity contribution in [3.8, 4) is 6.07 Å². The second-order valence-electron chi connectivity index (χ2n) is 6.56. The number of nitriles is 1. The summed E-state index contributed by atoms with van der Waals surface area (Å²) < 4.78 is 0. The van der Waals surface area contributed by atoms with Gasteiger partial charge in [-0.15, -0.1) is 0 Å². The summed E-state index contributed by atoms with van der Waals surface area (Å²) in [5.74, 6) is 0. The number of rotatable bonds is 7. The number of hydrogen-bond acceptors (Lipinski definition) is 3. The molecule has 2 N–H and O–H groups in total. The molecule has 0 spiro atoms. The van der Waals surface area contributed by atoms with Crippen LogP contribution in [0.2, 0.25) is 0 Å². The Balaban J connectivity index is 3.85. The van der Waals surface area contributed by atoms with Crippen LogP contribution in [0.25, 0.3) is 0 Å². The highest BCUT2D eigenvalue weighted by Gasteiger charge is 2.33. The summed E-state index contributed by atoms with van der Waals surface area (Å²) >= 11 is 0. The Morgan fingerprint density at radius 2 is 1.59 bits per heavy atom. The van der Waals surface area contributed by atoms with Gasteiger partial charge in [-0.05, 0) is 60.9 Å². The lowest BCUT2D eigenvalue weighted by Gasteiger charge is -2.38. The van der Waals surface area contributed by atoms with Gasteiger partial charge >= 0.3 is 0 Å². The molecule has 0 bridgehead atoms.